The van der Waals surface area contributed by atoms with E-state index in [9.17, 15) is 9.18 Å². The number of hydrogen-bond donors (Lipinski definition) is 2. The Bertz CT molecular complexity index is 954. The highest BCUT2D eigenvalue weighted by Crippen LogP contribution is 2.22. The first kappa shape index (κ1) is 25.2. The second-order valence-corrected chi connectivity index (χ2v) is 8.25. The molecule has 1 atom stereocenters. The van der Waals surface area contributed by atoms with Crippen molar-refractivity contribution in [2.24, 2.45) is 4.99 Å². The fourth-order valence-corrected chi connectivity index (χ4v) is 4.22. The van der Waals surface area contributed by atoms with Crippen molar-refractivity contribution in [1.82, 2.24) is 15.6 Å². The Kier molecular flexibility index (Phi) is 9.28. The topological polar surface area (TPSA) is 72.9 Å². The van der Waals surface area contributed by atoms with Gasteiger partial charge in [0.05, 0.1) is 6.54 Å². The van der Waals surface area contributed by atoms with E-state index in [1.807, 2.05) is 41.0 Å². The fraction of sp³-hybridized carbons (Fsp3) is 0.458. The first-order valence-electron chi connectivity index (χ1n) is 11.4. The Morgan fingerprint density at radius 1 is 1.21 bits per heavy atom. The van der Waals surface area contributed by atoms with Crippen molar-refractivity contribution in [2.75, 3.05) is 36.0 Å². The molecule has 33 heavy (non-hydrogen) atoms. The number of aliphatic imine (C=N–C) groups is 1. The molecule has 2 fully saturated rings. The van der Waals surface area contributed by atoms with Crippen LogP contribution in [-0.2, 0) is 11.3 Å². The second-order valence-electron chi connectivity index (χ2n) is 8.25. The van der Waals surface area contributed by atoms with E-state index in [-0.39, 0.29) is 41.7 Å². The monoisotopic (exact) mass is 566 g/mol. The van der Waals surface area contributed by atoms with Crippen molar-refractivity contribution in [2.45, 2.75) is 45.2 Å². The summed E-state index contributed by atoms with van der Waals surface area (Å²) in [6.07, 6.45) is 5.18. The minimum Gasteiger partial charge on any atom is -0.357 e. The van der Waals surface area contributed by atoms with Gasteiger partial charge in [0, 0.05) is 50.5 Å². The third-order valence-electron chi connectivity index (χ3n) is 5.90. The SMILES string of the molecule is CCNC(=NCc1ccc(N2CCCCC2=O)cc1)NC1CCN(c2ncccc2F)C1.I. The zero-order chi connectivity index (χ0) is 22.3. The van der Waals surface area contributed by atoms with Crippen LogP contribution in [-0.4, -0.2) is 49.1 Å². The lowest BCUT2D eigenvalue weighted by Crippen LogP contribution is -2.44. The first-order chi connectivity index (χ1) is 15.6. The van der Waals surface area contributed by atoms with Gasteiger partial charge in [0.15, 0.2) is 17.6 Å². The number of amides is 1. The summed E-state index contributed by atoms with van der Waals surface area (Å²) in [5.41, 5.74) is 2.04. The first-order valence-corrected chi connectivity index (χ1v) is 11.4. The van der Waals surface area contributed by atoms with Crippen LogP contribution in [0.3, 0.4) is 0 Å². The molecule has 2 N–H and O–H groups in total. The summed E-state index contributed by atoms with van der Waals surface area (Å²) in [4.78, 5) is 24.9. The molecule has 0 bridgehead atoms. The zero-order valence-electron chi connectivity index (χ0n) is 19.0. The van der Waals surface area contributed by atoms with Gasteiger partial charge in [-0.3, -0.25) is 4.79 Å². The van der Waals surface area contributed by atoms with E-state index in [4.69, 9.17) is 4.99 Å². The van der Waals surface area contributed by atoms with Gasteiger partial charge in [-0.25, -0.2) is 14.4 Å². The van der Waals surface area contributed by atoms with Crippen molar-refractivity contribution < 1.29 is 9.18 Å². The van der Waals surface area contributed by atoms with Crippen LogP contribution in [0.5, 0.6) is 0 Å². The summed E-state index contributed by atoms with van der Waals surface area (Å²) >= 11 is 0. The third kappa shape index (κ3) is 6.55. The molecule has 1 aromatic carbocycles. The maximum absolute atomic E-state index is 14.0. The molecule has 0 radical (unpaired) electrons. The lowest BCUT2D eigenvalue weighted by Gasteiger charge is -2.26. The van der Waals surface area contributed by atoms with Crippen LogP contribution in [0.2, 0.25) is 0 Å². The third-order valence-corrected chi connectivity index (χ3v) is 5.90. The quantitative estimate of drug-likeness (QED) is 0.317. The maximum atomic E-state index is 14.0. The smallest absolute Gasteiger partial charge is 0.226 e. The molecule has 4 rings (SSSR count). The lowest BCUT2D eigenvalue weighted by atomic mass is 10.1. The molecule has 1 amide bonds. The number of nitrogens with zero attached hydrogens (tertiary/aromatic N) is 4. The highest BCUT2D eigenvalue weighted by molar-refractivity contribution is 14.0. The number of guanidine groups is 1. The van der Waals surface area contributed by atoms with Gasteiger partial charge < -0.3 is 20.4 Å². The average Bonchev–Trinajstić information content (AvgIpc) is 3.27. The van der Waals surface area contributed by atoms with Crippen molar-refractivity contribution in [1.29, 1.82) is 0 Å². The van der Waals surface area contributed by atoms with Crippen molar-refractivity contribution in [3.05, 3.63) is 54.0 Å². The van der Waals surface area contributed by atoms with Gasteiger partial charge in [0.2, 0.25) is 5.91 Å². The van der Waals surface area contributed by atoms with Gasteiger partial charge in [-0.1, -0.05) is 12.1 Å². The van der Waals surface area contributed by atoms with E-state index in [1.54, 1.807) is 12.3 Å². The van der Waals surface area contributed by atoms with Crippen LogP contribution >= 0.6 is 24.0 Å². The summed E-state index contributed by atoms with van der Waals surface area (Å²) in [5, 5.41) is 6.76. The molecule has 3 heterocycles. The van der Waals surface area contributed by atoms with Crippen LogP contribution in [0.25, 0.3) is 0 Å². The van der Waals surface area contributed by atoms with Gasteiger partial charge in [-0.2, -0.15) is 0 Å². The standard InChI is InChI=1S/C24H31FN6O.HI/c1-2-26-24(29-19-12-15-30(17-19)23-21(25)6-5-13-27-23)28-16-18-8-10-20(11-9-18)31-14-4-3-7-22(31)32;/h5-6,8-11,13,19H,2-4,7,12,14-17H2,1H3,(H2,26,28,29);1H. The number of pyridine rings is 1. The molecule has 0 saturated carbocycles. The number of piperidine rings is 1. The number of hydrogen-bond acceptors (Lipinski definition) is 4. The summed E-state index contributed by atoms with van der Waals surface area (Å²) in [7, 11) is 0. The fourth-order valence-electron chi connectivity index (χ4n) is 4.22. The molecule has 1 aromatic heterocycles. The van der Waals surface area contributed by atoms with Crippen LogP contribution in [0, 0.1) is 5.82 Å². The van der Waals surface area contributed by atoms with Crippen molar-refractivity contribution >= 4 is 47.3 Å². The van der Waals surface area contributed by atoms with Crippen molar-refractivity contribution in [3.63, 3.8) is 0 Å². The second kappa shape index (κ2) is 12.2. The van der Waals surface area contributed by atoms with E-state index in [0.29, 0.717) is 25.3 Å². The van der Waals surface area contributed by atoms with E-state index >= 15 is 0 Å². The molecule has 178 valence electrons. The minimum absolute atomic E-state index is 0. The number of aromatic nitrogens is 1. The predicted octanol–water partition coefficient (Wildman–Crippen LogP) is 3.69. The molecule has 1 unspecified atom stereocenters. The highest BCUT2D eigenvalue weighted by atomic mass is 127. The van der Waals surface area contributed by atoms with E-state index in [1.165, 1.54) is 6.07 Å². The summed E-state index contributed by atoms with van der Waals surface area (Å²) in [6.45, 7) is 5.55. The van der Waals surface area contributed by atoms with E-state index < -0.39 is 0 Å². The number of nitrogens with one attached hydrogen (secondary N) is 2. The molecule has 2 aliphatic rings. The maximum Gasteiger partial charge on any atom is 0.226 e. The van der Waals surface area contributed by atoms with E-state index in [2.05, 4.69) is 15.6 Å². The highest BCUT2D eigenvalue weighted by Gasteiger charge is 2.26. The Morgan fingerprint density at radius 3 is 2.76 bits per heavy atom. The summed E-state index contributed by atoms with van der Waals surface area (Å²) < 4.78 is 14.0. The largest absolute Gasteiger partial charge is 0.357 e. The minimum atomic E-state index is -0.288. The molecule has 0 aliphatic carbocycles. The predicted molar refractivity (Wildman–Crippen MR) is 141 cm³/mol. The molecular formula is C24H32FIN6O. The number of carbonyl (C=O) groups excluding carboxylic acids is 1. The number of benzene rings is 1. The molecule has 0 spiro atoms. The number of anilines is 2. The normalized spacial score (nSPS) is 18.8. The Hall–Kier alpha value is -2.43. The number of rotatable bonds is 6. The molecule has 2 aromatic rings. The molecule has 7 nitrogen and oxygen atoms in total. The molecular weight excluding hydrogens is 534 g/mol. The Labute approximate surface area is 211 Å². The summed E-state index contributed by atoms with van der Waals surface area (Å²) in [5.74, 6) is 1.07. The van der Waals surface area contributed by atoms with Gasteiger partial charge in [-0.15, -0.1) is 24.0 Å². The molecule has 9 heteroatoms. The zero-order valence-corrected chi connectivity index (χ0v) is 21.3. The van der Waals surface area contributed by atoms with Gasteiger partial charge in [0.25, 0.3) is 0 Å². The van der Waals surface area contributed by atoms with Crippen LogP contribution in [0.1, 0.15) is 38.2 Å². The lowest BCUT2D eigenvalue weighted by molar-refractivity contribution is -0.119. The molecule has 2 aliphatic heterocycles. The van der Waals surface area contributed by atoms with Crippen LogP contribution in [0.4, 0.5) is 15.9 Å². The Balaban J connectivity index is 0.00000306. The summed E-state index contributed by atoms with van der Waals surface area (Å²) in [6, 6.07) is 11.3. The van der Waals surface area contributed by atoms with Gasteiger partial charge in [-0.05, 0) is 56.0 Å². The van der Waals surface area contributed by atoms with Gasteiger partial charge in [0.1, 0.15) is 0 Å². The average molecular weight is 566 g/mol. The van der Waals surface area contributed by atoms with Gasteiger partial charge >= 0.3 is 0 Å². The van der Waals surface area contributed by atoms with Crippen LogP contribution in [0.15, 0.2) is 47.6 Å². The Morgan fingerprint density at radius 2 is 2.03 bits per heavy atom. The number of halogens is 2. The van der Waals surface area contributed by atoms with E-state index in [0.717, 1.165) is 56.1 Å². The number of carbonyl (C=O) groups is 1. The van der Waals surface area contributed by atoms with Crippen molar-refractivity contribution in [3.8, 4) is 0 Å². The molecule has 2 saturated heterocycles. The van der Waals surface area contributed by atoms with Crippen LogP contribution < -0.4 is 20.4 Å².